The number of imidazole rings is 1. The van der Waals surface area contributed by atoms with Crippen LogP contribution < -0.4 is 4.74 Å². The zero-order valence-electron chi connectivity index (χ0n) is 21.7. The Balaban J connectivity index is 0.988. The molecule has 8 rings (SSSR count). The molecule has 0 radical (unpaired) electrons. The molecule has 3 aromatic rings. The highest BCUT2D eigenvalue weighted by atomic mass is 35.5. The maximum atomic E-state index is 6.42. The molecule has 4 aliphatic carbocycles. The summed E-state index contributed by atoms with van der Waals surface area (Å²) in [5, 5.41) is 0.738. The third-order valence-corrected chi connectivity index (χ3v) is 9.55. The van der Waals surface area contributed by atoms with Gasteiger partial charge in [0, 0.05) is 23.8 Å². The fourth-order valence-electron chi connectivity index (χ4n) is 7.95. The van der Waals surface area contributed by atoms with E-state index in [2.05, 4.69) is 29.2 Å². The van der Waals surface area contributed by atoms with Crippen LogP contribution in [0.3, 0.4) is 0 Å². The second-order valence-electron chi connectivity index (χ2n) is 12.1. The average molecular weight is 531 g/mol. The van der Waals surface area contributed by atoms with E-state index >= 15 is 0 Å². The normalized spacial score (nSPS) is 31.1. The number of benzene rings is 2. The fraction of sp³-hybridized carbons (Fsp3) is 0.469. The van der Waals surface area contributed by atoms with Gasteiger partial charge in [-0.05, 0) is 104 Å². The van der Waals surface area contributed by atoms with Gasteiger partial charge in [-0.1, -0.05) is 35.9 Å². The summed E-state index contributed by atoms with van der Waals surface area (Å²) in [6, 6.07) is 16.9. The van der Waals surface area contributed by atoms with E-state index in [1.165, 1.54) is 49.7 Å². The van der Waals surface area contributed by atoms with E-state index in [0.29, 0.717) is 30.7 Å². The highest BCUT2D eigenvalue weighted by Gasteiger charge is 2.51. The number of hydrogen-bond acceptors (Lipinski definition) is 4. The lowest BCUT2D eigenvalue weighted by molar-refractivity contribution is -0.165. The Bertz CT molecular complexity index is 1250. The van der Waals surface area contributed by atoms with Gasteiger partial charge in [0.05, 0.1) is 6.33 Å². The van der Waals surface area contributed by atoms with Crippen LogP contribution >= 0.6 is 11.6 Å². The van der Waals surface area contributed by atoms with Crippen molar-refractivity contribution in [2.24, 2.45) is 17.8 Å². The molecule has 38 heavy (non-hydrogen) atoms. The summed E-state index contributed by atoms with van der Waals surface area (Å²) in [5.41, 5.74) is 3.12. The number of halogens is 1. The molecule has 1 atom stereocenters. The van der Waals surface area contributed by atoms with Gasteiger partial charge in [0.2, 0.25) is 0 Å². The Morgan fingerprint density at radius 2 is 1.66 bits per heavy atom. The first-order valence-corrected chi connectivity index (χ1v) is 14.4. The van der Waals surface area contributed by atoms with Crippen molar-refractivity contribution in [3.63, 3.8) is 0 Å². The molecule has 198 valence electrons. The molecule has 4 saturated carbocycles. The monoisotopic (exact) mass is 530 g/mol. The van der Waals surface area contributed by atoms with Gasteiger partial charge in [0.25, 0.3) is 5.79 Å². The third kappa shape index (κ3) is 4.82. The third-order valence-electron chi connectivity index (χ3n) is 9.30. The molecule has 4 fully saturated rings. The summed E-state index contributed by atoms with van der Waals surface area (Å²) in [6.07, 6.45) is 17.2. The van der Waals surface area contributed by atoms with Gasteiger partial charge in [0.15, 0.2) is 5.76 Å². The van der Waals surface area contributed by atoms with Crippen molar-refractivity contribution >= 4 is 11.6 Å². The Labute approximate surface area is 229 Å². The quantitative estimate of drug-likeness (QED) is 0.291. The summed E-state index contributed by atoms with van der Waals surface area (Å²) >= 11 is 6.06. The molecular weight excluding hydrogens is 496 g/mol. The molecule has 2 aromatic carbocycles. The van der Waals surface area contributed by atoms with Crippen molar-refractivity contribution in [2.45, 2.75) is 69.1 Å². The van der Waals surface area contributed by atoms with E-state index < -0.39 is 5.79 Å². The Hall–Kier alpha value is -2.92. The molecule has 4 bridgehead atoms. The van der Waals surface area contributed by atoms with E-state index in [1.807, 2.05) is 35.0 Å². The Morgan fingerprint density at radius 3 is 2.32 bits per heavy atom. The number of aromatic nitrogens is 2. The smallest absolute Gasteiger partial charge is 0.268 e. The maximum absolute atomic E-state index is 6.42. The minimum atomic E-state index is -0.804. The van der Waals surface area contributed by atoms with Gasteiger partial charge >= 0.3 is 0 Å². The van der Waals surface area contributed by atoms with E-state index in [4.69, 9.17) is 25.8 Å². The van der Waals surface area contributed by atoms with Crippen molar-refractivity contribution in [2.75, 3.05) is 6.61 Å². The molecule has 5 aliphatic rings. The number of ether oxygens (including phenoxy) is 3. The lowest BCUT2D eigenvalue weighted by Gasteiger charge is -2.57. The van der Waals surface area contributed by atoms with Gasteiger partial charge < -0.3 is 18.8 Å². The van der Waals surface area contributed by atoms with Crippen molar-refractivity contribution in [3.8, 4) is 5.75 Å². The highest BCUT2D eigenvalue weighted by Crippen LogP contribution is 2.60. The van der Waals surface area contributed by atoms with E-state index in [-0.39, 0.29) is 0 Å². The lowest BCUT2D eigenvalue weighted by atomic mass is 9.48. The predicted molar refractivity (Wildman–Crippen MR) is 147 cm³/mol. The van der Waals surface area contributed by atoms with Crippen LogP contribution in [-0.2, 0) is 27.9 Å². The zero-order valence-corrected chi connectivity index (χ0v) is 22.5. The van der Waals surface area contributed by atoms with Crippen LogP contribution in [0.4, 0.5) is 0 Å². The largest absolute Gasteiger partial charge is 0.486 e. The molecule has 1 aromatic heterocycles. The standard InChI is InChI=1S/C32H35ClN2O3/c33-28-5-1-23(2-6-28)9-10-32(21-35-12-11-34-22-35)37-20-30(38-32)19-36-29-7-3-27(4-8-29)31-16-24-13-25(17-31)15-26(14-24)18-31/h1-8,11-12,20,22,24-26H,9-10,13-19,21H2/t24?,25?,26?,31?,32-/m1/s1. The highest BCUT2D eigenvalue weighted by molar-refractivity contribution is 6.30. The molecule has 0 spiro atoms. The molecule has 0 N–H and O–H groups in total. The molecule has 2 heterocycles. The maximum Gasteiger partial charge on any atom is 0.268 e. The van der Waals surface area contributed by atoms with Crippen LogP contribution in [0.5, 0.6) is 5.75 Å². The molecule has 6 heteroatoms. The van der Waals surface area contributed by atoms with Gasteiger partial charge in [-0.3, -0.25) is 0 Å². The minimum Gasteiger partial charge on any atom is -0.486 e. The summed E-state index contributed by atoms with van der Waals surface area (Å²) in [5.74, 6) is 3.62. The predicted octanol–water partition coefficient (Wildman–Crippen LogP) is 7.30. The summed E-state index contributed by atoms with van der Waals surface area (Å²) in [4.78, 5) is 4.18. The van der Waals surface area contributed by atoms with Crippen molar-refractivity contribution < 1.29 is 14.2 Å². The number of hydrogen-bond donors (Lipinski definition) is 0. The van der Waals surface area contributed by atoms with Gasteiger partial charge in [0.1, 0.15) is 25.2 Å². The van der Waals surface area contributed by atoms with E-state index in [0.717, 1.165) is 34.9 Å². The Kier molecular flexibility index (Phi) is 6.15. The van der Waals surface area contributed by atoms with Gasteiger partial charge in [-0.25, -0.2) is 4.98 Å². The van der Waals surface area contributed by atoms with Crippen molar-refractivity contribution in [1.29, 1.82) is 0 Å². The SMILES string of the molecule is Clc1ccc(CC[C@@]2(Cn3ccnc3)OC=C(COc3ccc(C45CC6CC(CC(C6)C4)C5)cc3)O2)cc1. The minimum absolute atomic E-state index is 0.337. The van der Waals surface area contributed by atoms with Crippen LogP contribution in [0.25, 0.3) is 0 Å². The molecular formula is C32H35ClN2O3. The first-order chi connectivity index (χ1) is 18.5. The van der Waals surface area contributed by atoms with Crippen LogP contribution in [-0.4, -0.2) is 21.9 Å². The van der Waals surface area contributed by atoms with Crippen LogP contribution in [0.1, 0.15) is 56.1 Å². The first kappa shape index (κ1) is 24.1. The molecule has 0 amide bonds. The van der Waals surface area contributed by atoms with Gasteiger partial charge in [-0.15, -0.1) is 0 Å². The number of nitrogens with zero attached hydrogens (tertiary/aromatic N) is 2. The molecule has 5 nitrogen and oxygen atoms in total. The number of rotatable bonds is 9. The van der Waals surface area contributed by atoms with Crippen LogP contribution in [0, 0.1) is 17.8 Å². The van der Waals surface area contributed by atoms with Crippen molar-refractivity contribution in [1.82, 2.24) is 9.55 Å². The van der Waals surface area contributed by atoms with Gasteiger partial charge in [-0.2, -0.15) is 0 Å². The molecule has 0 saturated heterocycles. The lowest BCUT2D eigenvalue weighted by Crippen LogP contribution is -2.48. The summed E-state index contributed by atoms with van der Waals surface area (Å²) < 4.78 is 20.7. The second-order valence-corrected chi connectivity index (χ2v) is 12.5. The first-order valence-electron chi connectivity index (χ1n) is 14.0. The van der Waals surface area contributed by atoms with E-state index in [1.54, 1.807) is 18.8 Å². The molecule has 0 unspecified atom stereocenters. The Morgan fingerprint density at radius 1 is 0.947 bits per heavy atom. The second kappa shape index (κ2) is 9.68. The summed E-state index contributed by atoms with van der Waals surface area (Å²) in [6.45, 7) is 0.879. The topological polar surface area (TPSA) is 45.5 Å². The summed E-state index contributed by atoms with van der Waals surface area (Å²) in [7, 11) is 0. The average Bonchev–Trinajstić information content (AvgIpc) is 3.57. The zero-order chi connectivity index (χ0) is 25.6. The fourth-order valence-corrected chi connectivity index (χ4v) is 8.08. The van der Waals surface area contributed by atoms with Crippen LogP contribution in [0.2, 0.25) is 5.02 Å². The molecule has 1 aliphatic heterocycles. The number of aryl methyl sites for hydroxylation is 1. The van der Waals surface area contributed by atoms with Crippen molar-refractivity contribution in [3.05, 3.63) is 95.4 Å². The van der Waals surface area contributed by atoms with E-state index in [9.17, 15) is 0 Å². The van der Waals surface area contributed by atoms with Crippen LogP contribution in [0.15, 0.2) is 79.3 Å².